The summed E-state index contributed by atoms with van der Waals surface area (Å²) in [5.74, 6) is 1.53. The van der Waals surface area contributed by atoms with E-state index in [1.807, 2.05) is 19.2 Å². The quantitative estimate of drug-likeness (QED) is 0.654. The topological polar surface area (TPSA) is 96.4 Å². The Morgan fingerprint density at radius 3 is 2.90 bits per heavy atom. The number of hydrogen-bond donors (Lipinski definition) is 1. The van der Waals surface area contributed by atoms with E-state index < -0.39 is 9.73 Å². The molecule has 0 saturated carbocycles. The van der Waals surface area contributed by atoms with Crippen molar-refractivity contribution < 1.29 is 8.95 Å². The normalized spacial score (nSPS) is 18.4. The van der Waals surface area contributed by atoms with Crippen molar-refractivity contribution >= 4 is 26.9 Å². The summed E-state index contributed by atoms with van der Waals surface area (Å²) in [5, 5.41) is 0. The molecule has 0 aromatic carbocycles. The molecule has 31 heavy (non-hydrogen) atoms. The molecule has 4 rings (SSSR count). The van der Waals surface area contributed by atoms with Crippen molar-refractivity contribution in [2.24, 2.45) is 4.36 Å². The third kappa shape index (κ3) is 4.52. The number of nitrogens with one attached hydrogen (secondary N) is 1. The average Bonchev–Trinajstić information content (AvgIpc) is 3.19. The first-order valence-corrected chi connectivity index (χ1v) is 12.0. The summed E-state index contributed by atoms with van der Waals surface area (Å²) in [4.78, 5) is 19.3. The summed E-state index contributed by atoms with van der Waals surface area (Å²) in [6.45, 7) is 10.2. The maximum absolute atomic E-state index is 13.3. The predicted octanol–water partition coefficient (Wildman–Crippen LogP) is 3.58. The highest BCUT2D eigenvalue weighted by Crippen LogP contribution is 2.29. The van der Waals surface area contributed by atoms with Gasteiger partial charge in [0, 0.05) is 54.3 Å². The minimum atomic E-state index is -2.74. The summed E-state index contributed by atoms with van der Waals surface area (Å²) in [5.41, 5.74) is 2.59. The van der Waals surface area contributed by atoms with E-state index in [9.17, 15) is 4.21 Å². The number of anilines is 1. The zero-order valence-electron chi connectivity index (χ0n) is 17.9. The molecule has 9 heteroatoms. The first-order valence-electron chi connectivity index (χ1n) is 10.0. The molecule has 0 aliphatic carbocycles. The lowest BCUT2D eigenvalue weighted by atomic mass is 10.1. The second kappa shape index (κ2) is 8.60. The Hall–Kier alpha value is -3.04. The number of ether oxygens (including phenoxy) is 1. The van der Waals surface area contributed by atoms with Crippen molar-refractivity contribution in [2.75, 3.05) is 30.9 Å². The smallest absolute Gasteiger partial charge is 0.168 e. The number of morpholine rings is 1. The highest BCUT2D eigenvalue weighted by atomic mass is 32.2. The van der Waals surface area contributed by atoms with E-state index in [1.165, 1.54) is 0 Å². The van der Waals surface area contributed by atoms with Crippen molar-refractivity contribution in [3.8, 4) is 0 Å². The minimum Gasteiger partial charge on any atom is -0.377 e. The lowest BCUT2D eigenvalue weighted by Gasteiger charge is -2.34. The zero-order chi connectivity index (χ0) is 22.0. The Balaban J connectivity index is 1.84. The largest absolute Gasteiger partial charge is 0.377 e. The molecule has 0 spiro atoms. The first-order chi connectivity index (χ1) is 14.8. The third-order valence-corrected chi connectivity index (χ3v) is 6.90. The summed E-state index contributed by atoms with van der Waals surface area (Å²) in [7, 11) is -2.74. The molecule has 1 unspecified atom stereocenters. The second-order valence-electron chi connectivity index (χ2n) is 7.60. The van der Waals surface area contributed by atoms with Crippen LogP contribution in [-0.2, 0) is 14.5 Å². The van der Waals surface area contributed by atoms with E-state index in [1.54, 1.807) is 36.8 Å². The summed E-state index contributed by atoms with van der Waals surface area (Å²) >= 11 is 0. The SMILES string of the molecule is C=C(c1nc(N=S(C)(=O)c2cccnc2)cc(N2CCOC[C@H]2C)n1)c1cc[nH]c1C. The molecular weight excluding hydrogens is 412 g/mol. The molecule has 1 aliphatic rings. The standard InChI is InChI=1S/C22H26N6O2S/c1-15-14-30-11-10-28(15)21-12-20(27-31(4,29)18-6-5-8-23-13-18)25-22(26-21)16(2)19-7-9-24-17(19)3/h5-9,12-13,15,24H,2,10-11,14H2,1,3-4H3/t15-,31?/m1/s1. The number of pyridine rings is 1. The molecule has 1 aliphatic heterocycles. The van der Waals surface area contributed by atoms with Crippen LogP contribution in [0.1, 0.15) is 24.0 Å². The third-order valence-electron chi connectivity index (χ3n) is 5.25. The molecule has 3 aromatic rings. The Bertz CT molecular complexity index is 1210. The van der Waals surface area contributed by atoms with Gasteiger partial charge in [-0.3, -0.25) is 4.98 Å². The fourth-order valence-corrected chi connectivity index (χ4v) is 4.66. The lowest BCUT2D eigenvalue weighted by molar-refractivity contribution is 0.0985. The van der Waals surface area contributed by atoms with Crippen LogP contribution in [0.5, 0.6) is 0 Å². The van der Waals surface area contributed by atoms with Crippen LogP contribution in [0.2, 0.25) is 0 Å². The maximum Gasteiger partial charge on any atom is 0.168 e. The summed E-state index contributed by atoms with van der Waals surface area (Å²) in [6, 6.07) is 7.38. The molecule has 1 N–H and O–H groups in total. The van der Waals surface area contributed by atoms with Crippen LogP contribution < -0.4 is 4.90 Å². The van der Waals surface area contributed by atoms with Gasteiger partial charge in [-0.1, -0.05) is 6.58 Å². The maximum atomic E-state index is 13.3. The number of aromatic nitrogens is 4. The summed E-state index contributed by atoms with van der Waals surface area (Å²) in [6.07, 6.45) is 6.66. The van der Waals surface area contributed by atoms with E-state index >= 15 is 0 Å². The fraction of sp³-hybridized carbons (Fsp3) is 0.318. The predicted molar refractivity (Wildman–Crippen MR) is 122 cm³/mol. The Labute approximate surface area is 182 Å². The number of H-pyrrole nitrogens is 1. The van der Waals surface area contributed by atoms with Crippen molar-refractivity contribution in [2.45, 2.75) is 24.8 Å². The number of rotatable bonds is 5. The van der Waals surface area contributed by atoms with Crippen molar-refractivity contribution in [3.05, 3.63) is 66.5 Å². The zero-order valence-corrected chi connectivity index (χ0v) is 18.7. The van der Waals surface area contributed by atoms with E-state index in [2.05, 4.69) is 37.7 Å². The van der Waals surface area contributed by atoms with Gasteiger partial charge in [-0.2, -0.15) is 4.36 Å². The van der Waals surface area contributed by atoms with Crippen LogP contribution in [0, 0.1) is 6.92 Å². The molecule has 8 nitrogen and oxygen atoms in total. The van der Waals surface area contributed by atoms with Gasteiger partial charge in [0.15, 0.2) is 11.6 Å². The van der Waals surface area contributed by atoms with Gasteiger partial charge >= 0.3 is 0 Å². The monoisotopic (exact) mass is 438 g/mol. The Morgan fingerprint density at radius 2 is 2.23 bits per heavy atom. The Morgan fingerprint density at radius 1 is 1.39 bits per heavy atom. The van der Waals surface area contributed by atoms with Crippen LogP contribution >= 0.6 is 0 Å². The molecular formula is C22H26N6O2S. The van der Waals surface area contributed by atoms with Crippen LogP contribution in [0.3, 0.4) is 0 Å². The van der Waals surface area contributed by atoms with Gasteiger partial charge in [0.1, 0.15) is 5.82 Å². The molecule has 1 fully saturated rings. The van der Waals surface area contributed by atoms with Gasteiger partial charge < -0.3 is 14.6 Å². The number of hydrogen-bond acceptors (Lipinski definition) is 7. The van der Waals surface area contributed by atoms with E-state index in [-0.39, 0.29) is 6.04 Å². The first kappa shape index (κ1) is 21.2. The molecule has 0 bridgehead atoms. The molecule has 0 radical (unpaired) electrons. The van der Waals surface area contributed by atoms with Gasteiger partial charge in [0.25, 0.3) is 0 Å². The highest BCUT2D eigenvalue weighted by molar-refractivity contribution is 7.93. The van der Waals surface area contributed by atoms with Gasteiger partial charge in [-0.05, 0) is 32.0 Å². The molecule has 162 valence electrons. The number of aromatic amines is 1. The van der Waals surface area contributed by atoms with Gasteiger partial charge in [-0.25, -0.2) is 14.2 Å². The molecule has 3 aromatic heterocycles. The highest BCUT2D eigenvalue weighted by Gasteiger charge is 2.23. The number of nitrogens with zero attached hydrogens (tertiary/aromatic N) is 5. The molecule has 4 heterocycles. The van der Waals surface area contributed by atoms with Crippen LogP contribution in [0.4, 0.5) is 11.6 Å². The second-order valence-corrected chi connectivity index (χ2v) is 9.86. The molecule has 1 saturated heterocycles. The lowest BCUT2D eigenvalue weighted by Crippen LogP contribution is -2.44. The molecule has 0 amide bonds. The number of aryl methyl sites for hydroxylation is 1. The fourth-order valence-electron chi connectivity index (χ4n) is 3.52. The average molecular weight is 439 g/mol. The van der Waals surface area contributed by atoms with Gasteiger partial charge in [-0.15, -0.1) is 0 Å². The van der Waals surface area contributed by atoms with Crippen molar-refractivity contribution in [1.82, 2.24) is 19.9 Å². The van der Waals surface area contributed by atoms with Crippen molar-refractivity contribution in [3.63, 3.8) is 0 Å². The van der Waals surface area contributed by atoms with Gasteiger partial charge in [0.05, 0.1) is 33.9 Å². The van der Waals surface area contributed by atoms with Crippen LogP contribution in [0.25, 0.3) is 5.57 Å². The minimum absolute atomic E-state index is 0.149. The Kier molecular flexibility index (Phi) is 5.88. The van der Waals surface area contributed by atoms with Crippen molar-refractivity contribution in [1.29, 1.82) is 0 Å². The van der Waals surface area contributed by atoms with Gasteiger partial charge in [0.2, 0.25) is 0 Å². The van der Waals surface area contributed by atoms with E-state index in [4.69, 9.17) is 9.72 Å². The van der Waals surface area contributed by atoms with E-state index in [0.717, 1.165) is 17.1 Å². The van der Waals surface area contributed by atoms with E-state index in [0.29, 0.717) is 41.9 Å². The van der Waals surface area contributed by atoms with Crippen LogP contribution in [-0.4, -0.2) is 56.2 Å². The summed E-state index contributed by atoms with van der Waals surface area (Å²) < 4.78 is 23.4. The van der Waals surface area contributed by atoms with Crippen LogP contribution in [0.15, 0.2) is 58.7 Å². The molecule has 2 atom stereocenters.